The summed E-state index contributed by atoms with van der Waals surface area (Å²) in [4.78, 5) is 4.48. The summed E-state index contributed by atoms with van der Waals surface area (Å²) in [6.45, 7) is 0. The molecule has 2 aliphatic heterocycles. The largest absolute Gasteiger partial charge is 0.494 e. The number of nitrogens with zero attached hydrogens (tertiary/aromatic N) is 1. The lowest BCUT2D eigenvalue weighted by atomic mass is 9.63. The Bertz CT molecular complexity index is 446. The molecule has 1 saturated carbocycles. The fourth-order valence-corrected chi connectivity index (χ4v) is 4.24. The fourth-order valence-electron chi connectivity index (χ4n) is 4.24. The van der Waals surface area contributed by atoms with Crippen molar-refractivity contribution in [3.05, 3.63) is 23.1 Å². The number of rotatable bonds is 0. The summed E-state index contributed by atoms with van der Waals surface area (Å²) < 4.78 is 6.31. The van der Waals surface area contributed by atoms with Gasteiger partial charge in [0.15, 0.2) is 0 Å². The summed E-state index contributed by atoms with van der Waals surface area (Å²) in [6.07, 6.45) is 14.6. The van der Waals surface area contributed by atoms with Crippen molar-refractivity contribution in [1.29, 1.82) is 0 Å². The van der Waals surface area contributed by atoms with Gasteiger partial charge < -0.3 is 4.74 Å². The van der Waals surface area contributed by atoms with Crippen LogP contribution in [0.1, 0.15) is 51.4 Å². The van der Waals surface area contributed by atoms with E-state index in [2.05, 4.69) is 17.4 Å². The van der Waals surface area contributed by atoms with Gasteiger partial charge in [-0.05, 0) is 44.1 Å². The summed E-state index contributed by atoms with van der Waals surface area (Å²) in [6, 6.07) is 0. The maximum atomic E-state index is 6.31. The van der Waals surface area contributed by atoms with Crippen molar-refractivity contribution < 1.29 is 4.74 Å². The van der Waals surface area contributed by atoms with E-state index in [4.69, 9.17) is 4.74 Å². The zero-order valence-corrected chi connectivity index (χ0v) is 10.2. The van der Waals surface area contributed by atoms with Crippen LogP contribution in [0.3, 0.4) is 0 Å². The molecular formula is C15H19NO. The van der Waals surface area contributed by atoms with Crippen LogP contribution >= 0.6 is 0 Å². The molecule has 2 heterocycles. The average Bonchev–Trinajstić information content (AvgIpc) is 2.58. The minimum Gasteiger partial charge on any atom is -0.494 e. The third-order valence-corrected chi connectivity index (χ3v) is 4.98. The van der Waals surface area contributed by atoms with Crippen LogP contribution < -0.4 is 0 Å². The lowest BCUT2D eigenvalue weighted by molar-refractivity contribution is 0.0267. The Balaban J connectivity index is 1.89. The molecule has 2 nitrogen and oxygen atoms in total. The first-order valence-electron chi connectivity index (χ1n) is 7.01. The van der Waals surface area contributed by atoms with Gasteiger partial charge in [-0.15, -0.1) is 0 Å². The lowest BCUT2D eigenvalue weighted by Gasteiger charge is -2.39. The molecule has 4 rings (SSSR count). The molecule has 1 fully saturated rings. The van der Waals surface area contributed by atoms with E-state index in [9.17, 15) is 0 Å². The first kappa shape index (κ1) is 9.93. The Kier molecular flexibility index (Phi) is 2.03. The number of ether oxygens (including phenoxy) is 1. The molecule has 0 aromatic heterocycles. The minimum atomic E-state index is 0.305. The smallest absolute Gasteiger partial charge is 0.108 e. The molecule has 0 aromatic carbocycles. The van der Waals surface area contributed by atoms with Gasteiger partial charge >= 0.3 is 0 Å². The van der Waals surface area contributed by atoms with Gasteiger partial charge in [-0.2, -0.15) is 0 Å². The first-order valence-corrected chi connectivity index (χ1v) is 7.01. The molecule has 2 atom stereocenters. The zero-order chi connectivity index (χ0) is 11.3. The van der Waals surface area contributed by atoms with Crippen molar-refractivity contribution in [2.24, 2.45) is 10.4 Å². The van der Waals surface area contributed by atoms with Gasteiger partial charge in [0.05, 0.1) is 0 Å². The summed E-state index contributed by atoms with van der Waals surface area (Å²) in [5, 5.41) is 0. The predicted molar refractivity (Wildman–Crippen MR) is 67.8 cm³/mol. The minimum absolute atomic E-state index is 0.305. The van der Waals surface area contributed by atoms with Gasteiger partial charge in [-0.25, -0.2) is 0 Å². The van der Waals surface area contributed by atoms with Crippen molar-refractivity contribution >= 4 is 6.21 Å². The Morgan fingerprint density at radius 1 is 1.24 bits per heavy atom. The van der Waals surface area contributed by atoms with Crippen LogP contribution in [0.2, 0.25) is 0 Å². The van der Waals surface area contributed by atoms with E-state index in [-0.39, 0.29) is 0 Å². The molecule has 0 amide bonds. The van der Waals surface area contributed by atoms with E-state index in [1.165, 1.54) is 49.9 Å². The van der Waals surface area contributed by atoms with Gasteiger partial charge in [0.25, 0.3) is 0 Å². The van der Waals surface area contributed by atoms with Crippen LogP contribution in [0.4, 0.5) is 0 Å². The third kappa shape index (κ3) is 1.24. The van der Waals surface area contributed by atoms with Crippen LogP contribution in [0.15, 0.2) is 28.1 Å². The second-order valence-electron chi connectivity index (χ2n) is 5.85. The maximum Gasteiger partial charge on any atom is 0.108 e. The highest BCUT2D eigenvalue weighted by Gasteiger charge is 2.52. The van der Waals surface area contributed by atoms with Gasteiger partial charge in [-0.1, -0.05) is 6.42 Å². The third-order valence-electron chi connectivity index (χ3n) is 4.98. The quantitative estimate of drug-likeness (QED) is 0.620. The number of allylic oxidation sites excluding steroid dienone is 2. The monoisotopic (exact) mass is 229 g/mol. The molecule has 0 bridgehead atoms. The second-order valence-corrected chi connectivity index (χ2v) is 5.85. The van der Waals surface area contributed by atoms with E-state index >= 15 is 0 Å². The van der Waals surface area contributed by atoms with Crippen LogP contribution in [-0.2, 0) is 4.74 Å². The van der Waals surface area contributed by atoms with E-state index < -0.39 is 0 Å². The maximum absolute atomic E-state index is 6.31. The van der Waals surface area contributed by atoms with Crippen LogP contribution in [0.25, 0.3) is 0 Å². The molecule has 90 valence electrons. The SMILES string of the molecule is C1=NC=C2CCCC3=C2C2(C1)CCCCC2O3. The van der Waals surface area contributed by atoms with Gasteiger partial charge in [0.1, 0.15) is 11.9 Å². The molecule has 2 heteroatoms. The van der Waals surface area contributed by atoms with Crippen LogP contribution in [0, 0.1) is 5.41 Å². The van der Waals surface area contributed by atoms with Crippen molar-refractivity contribution in [2.45, 2.75) is 57.5 Å². The first-order chi connectivity index (χ1) is 8.40. The van der Waals surface area contributed by atoms with Crippen LogP contribution in [-0.4, -0.2) is 12.3 Å². The Labute approximate surface area is 102 Å². The Morgan fingerprint density at radius 2 is 2.24 bits per heavy atom. The van der Waals surface area contributed by atoms with Crippen molar-refractivity contribution in [3.8, 4) is 0 Å². The number of hydrogen-bond donors (Lipinski definition) is 0. The molecule has 0 aromatic rings. The van der Waals surface area contributed by atoms with E-state index in [0.29, 0.717) is 11.5 Å². The number of hydrogen-bond acceptors (Lipinski definition) is 2. The molecule has 1 spiro atoms. The second kappa shape index (κ2) is 3.47. The van der Waals surface area contributed by atoms with Crippen molar-refractivity contribution in [3.63, 3.8) is 0 Å². The highest BCUT2D eigenvalue weighted by atomic mass is 16.5. The molecule has 17 heavy (non-hydrogen) atoms. The molecule has 0 radical (unpaired) electrons. The summed E-state index contributed by atoms with van der Waals surface area (Å²) >= 11 is 0. The van der Waals surface area contributed by atoms with Gasteiger partial charge in [-0.3, -0.25) is 4.99 Å². The topological polar surface area (TPSA) is 21.6 Å². The molecular weight excluding hydrogens is 210 g/mol. The van der Waals surface area contributed by atoms with E-state index in [1.54, 1.807) is 5.57 Å². The molecule has 0 saturated heterocycles. The molecule has 2 unspecified atom stereocenters. The lowest BCUT2D eigenvalue weighted by Crippen LogP contribution is -2.37. The highest BCUT2D eigenvalue weighted by molar-refractivity contribution is 5.65. The standard InChI is InChI=1S/C15H19NO/c1-2-7-15-8-9-16-10-11-4-3-5-12(14(11)15)17-13(15)6-1/h9-10,13H,1-8H2. The van der Waals surface area contributed by atoms with Gasteiger partial charge in [0, 0.05) is 29.8 Å². The summed E-state index contributed by atoms with van der Waals surface area (Å²) in [5.41, 5.74) is 3.36. The Morgan fingerprint density at radius 3 is 3.24 bits per heavy atom. The van der Waals surface area contributed by atoms with Crippen molar-refractivity contribution in [2.75, 3.05) is 0 Å². The Hall–Kier alpha value is -1.05. The summed E-state index contributed by atoms with van der Waals surface area (Å²) in [5.74, 6) is 1.32. The molecule has 0 N–H and O–H groups in total. The normalized spacial score (nSPS) is 39.1. The van der Waals surface area contributed by atoms with E-state index in [0.717, 1.165) is 12.8 Å². The van der Waals surface area contributed by atoms with Crippen LogP contribution in [0.5, 0.6) is 0 Å². The van der Waals surface area contributed by atoms with E-state index in [1.807, 2.05) is 0 Å². The average molecular weight is 229 g/mol. The van der Waals surface area contributed by atoms with Crippen molar-refractivity contribution in [1.82, 2.24) is 0 Å². The molecule has 2 aliphatic carbocycles. The number of aliphatic imine (C=N–C) groups is 1. The summed E-state index contributed by atoms with van der Waals surface area (Å²) in [7, 11) is 0. The predicted octanol–water partition coefficient (Wildman–Crippen LogP) is 3.74. The fraction of sp³-hybridized carbons (Fsp3) is 0.667. The highest BCUT2D eigenvalue weighted by Crippen LogP contribution is 2.58. The molecule has 4 aliphatic rings. The zero-order valence-electron chi connectivity index (χ0n) is 10.2. The van der Waals surface area contributed by atoms with Gasteiger partial charge in [0.2, 0.25) is 0 Å².